The number of benzene rings is 2. The number of para-hydroxylation sites is 1. The van der Waals surface area contributed by atoms with Crippen LogP contribution in [0.2, 0.25) is 0 Å². The van der Waals surface area contributed by atoms with Crippen molar-refractivity contribution in [1.29, 1.82) is 0 Å². The van der Waals surface area contributed by atoms with E-state index in [-0.39, 0.29) is 29.6 Å². The average molecular weight is 422 g/mol. The van der Waals surface area contributed by atoms with E-state index < -0.39 is 17.5 Å². The summed E-state index contributed by atoms with van der Waals surface area (Å²) in [5.41, 5.74) is 1.54. The van der Waals surface area contributed by atoms with Crippen molar-refractivity contribution in [1.82, 2.24) is 14.5 Å². The Balaban J connectivity index is 2.07. The first-order valence-electron chi connectivity index (χ1n) is 9.72. The number of fused-ring (bicyclic) bond motifs is 1. The molecule has 158 valence electrons. The molecule has 0 radical (unpaired) electrons. The summed E-state index contributed by atoms with van der Waals surface area (Å²) in [6.45, 7) is 3.53. The molecule has 4 aromatic rings. The van der Waals surface area contributed by atoms with Crippen LogP contribution in [0.25, 0.3) is 28.0 Å². The number of nitrogens with one attached hydrogen (secondary N) is 1. The maximum Gasteiger partial charge on any atom is 0.256 e. The number of aryl methyl sites for hydroxylation is 1. The molecule has 0 aliphatic carbocycles. The van der Waals surface area contributed by atoms with E-state index in [4.69, 9.17) is 0 Å². The highest BCUT2D eigenvalue weighted by Gasteiger charge is 2.18. The largest absolute Gasteiger partial charge is 0.392 e. The minimum absolute atomic E-state index is 0.0556. The molecule has 31 heavy (non-hydrogen) atoms. The van der Waals surface area contributed by atoms with E-state index in [1.165, 1.54) is 41.0 Å². The second-order valence-corrected chi connectivity index (χ2v) is 7.28. The summed E-state index contributed by atoms with van der Waals surface area (Å²) in [6.07, 6.45) is -0.667. The lowest BCUT2D eigenvalue weighted by atomic mass is 10.0. The Labute approximate surface area is 176 Å². The van der Waals surface area contributed by atoms with Gasteiger partial charge in [0.05, 0.1) is 17.5 Å². The average Bonchev–Trinajstić information content (AvgIpc) is 2.72. The van der Waals surface area contributed by atoms with Crippen molar-refractivity contribution in [3.8, 4) is 16.9 Å². The number of hydrogen-bond acceptors (Lipinski definition) is 5. The van der Waals surface area contributed by atoms with Gasteiger partial charge >= 0.3 is 0 Å². The van der Waals surface area contributed by atoms with E-state index >= 15 is 0 Å². The van der Waals surface area contributed by atoms with Gasteiger partial charge in [-0.05, 0) is 55.8 Å². The minimum atomic E-state index is -0.667. The molecule has 0 saturated carbocycles. The molecule has 6 nitrogen and oxygen atoms in total. The zero-order valence-electron chi connectivity index (χ0n) is 16.9. The molecule has 8 heteroatoms. The fourth-order valence-corrected chi connectivity index (χ4v) is 3.40. The van der Waals surface area contributed by atoms with Gasteiger partial charge < -0.3 is 10.4 Å². The van der Waals surface area contributed by atoms with Crippen LogP contribution in [-0.4, -0.2) is 32.3 Å². The second kappa shape index (κ2) is 8.23. The molecule has 0 fully saturated rings. The predicted molar refractivity (Wildman–Crippen MR) is 115 cm³/mol. The summed E-state index contributed by atoms with van der Waals surface area (Å²) >= 11 is 0. The summed E-state index contributed by atoms with van der Waals surface area (Å²) < 4.78 is 29.4. The summed E-state index contributed by atoms with van der Waals surface area (Å²) in [7, 11) is 0. The van der Waals surface area contributed by atoms with Gasteiger partial charge in [-0.2, -0.15) is 4.98 Å². The highest BCUT2D eigenvalue weighted by Crippen LogP contribution is 2.30. The van der Waals surface area contributed by atoms with Crippen LogP contribution >= 0.6 is 0 Å². The van der Waals surface area contributed by atoms with Crippen molar-refractivity contribution in [2.75, 3.05) is 11.9 Å². The quantitative estimate of drug-likeness (QED) is 0.511. The summed E-state index contributed by atoms with van der Waals surface area (Å²) in [5.74, 6) is -0.799. The van der Waals surface area contributed by atoms with Crippen LogP contribution in [0.15, 0.2) is 59.4 Å². The van der Waals surface area contributed by atoms with Gasteiger partial charge in [-0.3, -0.25) is 9.36 Å². The molecule has 0 saturated heterocycles. The van der Waals surface area contributed by atoms with Crippen molar-refractivity contribution in [2.45, 2.75) is 20.0 Å². The zero-order valence-corrected chi connectivity index (χ0v) is 16.9. The summed E-state index contributed by atoms with van der Waals surface area (Å²) in [5, 5.41) is 13.1. The van der Waals surface area contributed by atoms with E-state index in [1.54, 1.807) is 32.0 Å². The molecule has 0 aliphatic rings. The minimum Gasteiger partial charge on any atom is -0.392 e. The number of halogens is 2. The van der Waals surface area contributed by atoms with Crippen molar-refractivity contribution < 1.29 is 13.9 Å². The van der Waals surface area contributed by atoms with Crippen LogP contribution in [0.5, 0.6) is 0 Å². The number of nitrogens with zero attached hydrogens (tertiary/aromatic N) is 3. The van der Waals surface area contributed by atoms with Crippen LogP contribution in [0.3, 0.4) is 0 Å². The monoisotopic (exact) mass is 422 g/mol. The third kappa shape index (κ3) is 4.02. The number of pyridine rings is 1. The topological polar surface area (TPSA) is 80.0 Å². The van der Waals surface area contributed by atoms with Gasteiger partial charge in [0.15, 0.2) is 5.65 Å². The third-order valence-electron chi connectivity index (χ3n) is 4.84. The number of aliphatic hydroxyl groups excluding tert-OH is 1. The molecule has 0 amide bonds. The number of aliphatic hydroxyl groups is 1. The van der Waals surface area contributed by atoms with Gasteiger partial charge in [0.2, 0.25) is 5.95 Å². The maximum absolute atomic E-state index is 14.6. The first-order chi connectivity index (χ1) is 14.8. The Bertz CT molecular complexity index is 1340. The molecule has 2 heterocycles. The highest BCUT2D eigenvalue weighted by atomic mass is 19.1. The van der Waals surface area contributed by atoms with Crippen LogP contribution in [-0.2, 0) is 0 Å². The molecular weight excluding hydrogens is 402 g/mol. The lowest BCUT2D eigenvalue weighted by molar-refractivity contribution is 0.208. The lowest BCUT2D eigenvalue weighted by Gasteiger charge is -2.16. The molecule has 0 bridgehead atoms. The van der Waals surface area contributed by atoms with Crippen LogP contribution in [0.1, 0.15) is 12.5 Å². The van der Waals surface area contributed by atoms with Gasteiger partial charge in [-0.1, -0.05) is 12.1 Å². The molecule has 2 aromatic heterocycles. The van der Waals surface area contributed by atoms with Gasteiger partial charge in [0.25, 0.3) is 5.56 Å². The van der Waals surface area contributed by atoms with E-state index in [0.29, 0.717) is 22.2 Å². The van der Waals surface area contributed by atoms with Crippen LogP contribution < -0.4 is 10.9 Å². The van der Waals surface area contributed by atoms with Crippen LogP contribution in [0.4, 0.5) is 14.7 Å². The molecule has 0 spiro atoms. The molecule has 0 aliphatic heterocycles. The van der Waals surface area contributed by atoms with E-state index in [9.17, 15) is 18.7 Å². The number of hydrogen-bond donors (Lipinski definition) is 2. The maximum atomic E-state index is 14.6. The smallest absolute Gasteiger partial charge is 0.256 e. The van der Waals surface area contributed by atoms with Crippen molar-refractivity contribution >= 4 is 17.0 Å². The highest BCUT2D eigenvalue weighted by molar-refractivity contribution is 5.92. The van der Waals surface area contributed by atoms with Gasteiger partial charge in [0.1, 0.15) is 11.6 Å². The second-order valence-electron chi connectivity index (χ2n) is 7.28. The Hall–Kier alpha value is -3.65. The van der Waals surface area contributed by atoms with Gasteiger partial charge in [-0.15, -0.1) is 0 Å². The third-order valence-corrected chi connectivity index (χ3v) is 4.84. The standard InChI is InChI=1S/C23H20F2N4O2/c1-13-11-15(24)7-8-16(13)21-17-9-10-20(31)29(19-6-4-3-5-18(19)25)22(17)28-23(27-21)26-12-14(2)30/h3-11,14,30H,12H2,1-2H3,(H,26,27,28)/t14-/m1/s1. The fourth-order valence-electron chi connectivity index (χ4n) is 3.40. The Morgan fingerprint density at radius 1 is 1.10 bits per heavy atom. The fraction of sp³-hybridized carbons (Fsp3) is 0.174. The Morgan fingerprint density at radius 3 is 2.58 bits per heavy atom. The normalized spacial score (nSPS) is 12.2. The van der Waals surface area contributed by atoms with E-state index in [2.05, 4.69) is 15.3 Å². The first-order valence-corrected chi connectivity index (χ1v) is 9.72. The van der Waals surface area contributed by atoms with Crippen molar-refractivity contribution in [3.63, 3.8) is 0 Å². The SMILES string of the molecule is Cc1cc(F)ccc1-c1nc(NC[C@@H](C)O)nc2c1ccc(=O)n2-c1ccccc1F. The molecular formula is C23H20F2N4O2. The number of anilines is 1. The lowest BCUT2D eigenvalue weighted by Crippen LogP contribution is -2.21. The molecule has 2 N–H and O–H groups in total. The van der Waals surface area contributed by atoms with Gasteiger partial charge in [0, 0.05) is 23.6 Å². The summed E-state index contributed by atoms with van der Waals surface area (Å²) in [4.78, 5) is 21.8. The predicted octanol–water partition coefficient (Wildman–Crippen LogP) is 3.83. The molecule has 4 rings (SSSR count). The Kier molecular flexibility index (Phi) is 5.48. The van der Waals surface area contributed by atoms with E-state index in [0.717, 1.165) is 0 Å². The Morgan fingerprint density at radius 2 is 1.87 bits per heavy atom. The van der Waals surface area contributed by atoms with Crippen molar-refractivity contribution in [2.24, 2.45) is 0 Å². The first kappa shape index (κ1) is 20.6. The summed E-state index contributed by atoms with van der Waals surface area (Å²) in [6, 6.07) is 13.1. The van der Waals surface area contributed by atoms with E-state index in [1.807, 2.05) is 0 Å². The number of rotatable bonds is 5. The molecule has 1 atom stereocenters. The van der Waals surface area contributed by atoms with Gasteiger partial charge in [-0.25, -0.2) is 13.8 Å². The number of aromatic nitrogens is 3. The van der Waals surface area contributed by atoms with Crippen LogP contribution in [0, 0.1) is 18.6 Å². The molecule has 2 aromatic carbocycles. The van der Waals surface area contributed by atoms with Crippen molar-refractivity contribution in [3.05, 3.63) is 82.1 Å². The zero-order chi connectivity index (χ0) is 22.1. The molecule has 0 unspecified atom stereocenters.